The van der Waals surface area contributed by atoms with Crippen LogP contribution in [0.25, 0.3) is 0 Å². The van der Waals surface area contributed by atoms with Crippen LogP contribution in [0.15, 0.2) is 30.3 Å². The molecule has 1 aliphatic carbocycles. The highest BCUT2D eigenvalue weighted by Crippen LogP contribution is 2.36. The maximum Gasteiger partial charge on any atom is 0.303 e. The lowest BCUT2D eigenvalue weighted by Gasteiger charge is -2.34. The summed E-state index contributed by atoms with van der Waals surface area (Å²) < 4.78 is 5.65. The molecule has 1 fully saturated rings. The Bertz CT molecular complexity index is 582. The van der Waals surface area contributed by atoms with E-state index in [2.05, 4.69) is 4.90 Å². The number of ether oxygens (including phenoxy) is 1. The molecule has 0 bridgehead atoms. The van der Waals surface area contributed by atoms with Gasteiger partial charge in [0.15, 0.2) is 0 Å². The van der Waals surface area contributed by atoms with Crippen LogP contribution in [0.2, 0.25) is 0 Å². The highest BCUT2D eigenvalue weighted by Gasteiger charge is 2.44. The molecule has 158 valence electrons. The van der Waals surface area contributed by atoms with Crippen LogP contribution in [0.4, 0.5) is 0 Å². The standard InChI is InChI=1S/C22H35NO5/c1-23(15-19(25)16-10-6-5-7-11-16)22-17(20(28-2)14-18(22)24)12-8-3-4-9-13-21(26)27/h5-7,10-11,17-20,22,24-25H,3-4,8-9,12-15H2,1-2H3,(H,26,27)/t17-,18+,19?,20-,22+/m0/s1. The molecule has 2 rings (SSSR count). The first kappa shape index (κ1) is 22.8. The topological polar surface area (TPSA) is 90.2 Å². The fourth-order valence-corrected chi connectivity index (χ4v) is 4.49. The lowest BCUT2D eigenvalue weighted by Crippen LogP contribution is -2.44. The number of rotatable bonds is 12. The number of carboxylic acid groups (broad SMARTS) is 1. The maximum absolute atomic E-state index is 10.6. The summed E-state index contributed by atoms with van der Waals surface area (Å²) in [7, 11) is 3.65. The SMILES string of the molecule is CO[C@H]1C[C@@H](O)[C@H](N(C)CC(O)c2ccccc2)[C@H]1CCCCCCC(=O)O. The number of carbonyl (C=O) groups is 1. The number of aliphatic hydroxyl groups excluding tert-OH is 2. The Balaban J connectivity index is 1.90. The van der Waals surface area contributed by atoms with Crippen LogP contribution in [0.1, 0.15) is 56.6 Å². The maximum atomic E-state index is 10.6. The van der Waals surface area contributed by atoms with Crippen LogP contribution in [-0.4, -0.2) is 65.1 Å². The van der Waals surface area contributed by atoms with E-state index in [1.54, 1.807) is 7.11 Å². The van der Waals surface area contributed by atoms with E-state index in [1.807, 2.05) is 37.4 Å². The van der Waals surface area contributed by atoms with E-state index >= 15 is 0 Å². The lowest BCUT2D eigenvalue weighted by atomic mass is 9.92. The van der Waals surface area contributed by atoms with Crippen LogP contribution in [0.3, 0.4) is 0 Å². The van der Waals surface area contributed by atoms with Gasteiger partial charge in [0.05, 0.1) is 18.3 Å². The molecule has 0 heterocycles. The first-order chi connectivity index (χ1) is 13.4. The van der Waals surface area contributed by atoms with Crippen LogP contribution >= 0.6 is 0 Å². The number of unbranched alkanes of at least 4 members (excludes halogenated alkanes) is 3. The summed E-state index contributed by atoms with van der Waals surface area (Å²) in [5.74, 6) is -0.538. The quantitative estimate of drug-likeness (QED) is 0.473. The number of methoxy groups -OCH3 is 1. The Morgan fingerprint density at radius 2 is 1.89 bits per heavy atom. The normalized spacial score (nSPS) is 25.9. The van der Waals surface area contributed by atoms with Crippen molar-refractivity contribution in [3.05, 3.63) is 35.9 Å². The van der Waals surface area contributed by atoms with Crippen molar-refractivity contribution < 1.29 is 24.9 Å². The molecule has 5 atom stereocenters. The molecule has 3 N–H and O–H groups in total. The van der Waals surface area contributed by atoms with E-state index in [0.717, 1.165) is 31.2 Å². The van der Waals surface area contributed by atoms with Gasteiger partial charge >= 0.3 is 5.97 Å². The number of likely N-dealkylation sites (N-methyl/N-ethyl adjacent to an activating group) is 1. The minimum atomic E-state index is -0.739. The zero-order valence-electron chi connectivity index (χ0n) is 17.0. The number of carboxylic acids is 1. The minimum absolute atomic E-state index is 0.00957. The molecular weight excluding hydrogens is 358 g/mol. The van der Waals surface area contributed by atoms with Crippen molar-refractivity contribution in [1.29, 1.82) is 0 Å². The molecule has 0 aromatic heterocycles. The third kappa shape index (κ3) is 6.55. The third-order valence-corrected chi connectivity index (χ3v) is 5.92. The van der Waals surface area contributed by atoms with Gasteiger partial charge in [-0.2, -0.15) is 0 Å². The van der Waals surface area contributed by atoms with Gasteiger partial charge in [0.25, 0.3) is 0 Å². The summed E-state index contributed by atoms with van der Waals surface area (Å²) in [6.45, 7) is 0.456. The van der Waals surface area contributed by atoms with Gasteiger partial charge < -0.3 is 20.1 Å². The Morgan fingerprint density at radius 1 is 1.21 bits per heavy atom. The van der Waals surface area contributed by atoms with Gasteiger partial charge in [0, 0.05) is 38.5 Å². The molecule has 0 aliphatic heterocycles. The second-order valence-corrected chi connectivity index (χ2v) is 7.94. The third-order valence-electron chi connectivity index (χ3n) is 5.92. The molecular formula is C22H35NO5. The van der Waals surface area contributed by atoms with E-state index < -0.39 is 18.2 Å². The van der Waals surface area contributed by atoms with Gasteiger partial charge in [-0.15, -0.1) is 0 Å². The Morgan fingerprint density at radius 3 is 2.54 bits per heavy atom. The first-order valence-electron chi connectivity index (χ1n) is 10.3. The fraction of sp³-hybridized carbons (Fsp3) is 0.682. The molecule has 0 amide bonds. The molecule has 6 heteroatoms. The summed E-state index contributed by atoms with van der Waals surface area (Å²) in [6, 6.07) is 9.53. The number of nitrogens with zero attached hydrogens (tertiary/aromatic N) is 1. The summed E-state index contributed by atoms with van der Waals surface area (Å²) >= 11 is 0. The largest absolute Gasteiger partial charge is 0.481 e. The number of benzene rings is 1. The van der Waals surface area contributed by atoms with E-state index in [4.69, 9.17) is 9.84 Å². The van der Waals surface area contributed by atoms with Crippen LogP contribution in [-0.2, 0) is 9.53 Å². The molecule has 1 unspecified atom stereocenters. The molecule has 1 aliphatic rings. The van der Waals surface area contributed by atoms with Gasteiger partial charge in [-0.1, -0.05) is 49.6 Å². The molecule has 28 heavy (non-hydrogen) atoms. The first-order valence-corrected chi connectivity index (χ1v) is 10.3. The van der Waals surface area contributed by atoms with Crippen molar-refractivity contribution >= 4 is 5.97 Å². The van der Waals surface area contributed by atoms with Crippen molar-refractivity contribution in [2.75, 3.05) is 20.7 Å². The van der Waals surface area contributed by atoms with Crippen molar-refractivity contribution in [2.24, 2.45) is 5.92 Å². The monoisotopic (exact) mass is 393 g/mol. The predicted molar refractivity (Wildman–Crippen MR) is 108 cm³/mol. The molecule has 1 aromatic rings. The number of hydrogen-bond donors (Lipinski definition) is 3. The Labute approximate surface area is 168 Å². The van der Waals surface area contributed by atoms with E-state index in [0.29, 0.717) is 19.4 Å². The van der Waals surface area contributed by atoms with Crippen molar-refractivity contribution in [1.82, 2.24) is 4.90 Å². The Hall–Kier alpha value is -1.47. The molecule has 1 saturated carbocycles. The molecule has 0 saturated heterocycles. The number of aliphatic hydroxyl groups is 2. The zero-order chi connectivity index (χ0) is 20.5. The van der Waals surface area contributed by atoms with Crippen molar-refractivity contribution in [3.63, 3.8) is 0 Å². The second-order valence-electron chi connectivity index (χ2n) is 7.94. The smallest absolute Gasteiger partial charge is 0.303 e. The second kappa shape index (κ2) is 11.5. The summed E-state index contributed by atoms with van der Waals surface area (Å²) in [5.41, 5.74) is 0.875. The minimum Gasteiger partial charge on any atom is -0.481 e. The van der Waals surface area contributed by atoms with Crippen LogP contribution in [0, 0.1) is 5.92 Å². The average molecular weight is 394 g/mol. The summed E-state index contributed by atoms with van der Waals surface area (Å²) in [4.78, 5) is 12.7. The number of hydrogen-bond acceptors (Lipinski definition) is 5. The van der Waals surface area contributed by atoms with Crippen molar-refractivity contribution in [3.8, 4) is 0 Å². The highest BCUT2D eigenvalue weighted by atomic mass is 16.5. The Kier molecular flexibility index (Phi) is 9.38. The van der Waals surface area contributed by atoms with Crippen LogP contribution in [0.5, 0.6) is 0 Å². The summed E-state index contributed by atoms with van der Waals surface area (Å²) in [6.07, 6.45) is 4.29. The predicted octanol–water partition coefficient (Wildman–Crippen LogP) is 2.84. The van der Waals surface area contributed by atoms with Gasteiger partial charge in [-0.3, -0.25) is 9.69 Å². The highest BCUT2D eigenvalue weighted by molar-refractivity contribution is 5.66. The van der Waals surface area contributed by atoms with E-state index in [1.165, 1.54) is 0 Å². The molecule has 0 radical (unpaired) electrons. The van der Waals surface area contributed by atoms with Crippen LogP contribution < -0.4 is 0 Å². The zero-order valence-corrected chi connectivity index (χ0v) is 17.0. The van der Waals surface area contributed by atoms with Gasteiger partial charge in [0.1, 0.15) is 0 Å². The van der Waals surface area contributed by atoms with Gasteiger partial charge in [0.2, 0.25) is 0 Å². The summed E-state index contributed by atoms with van der Waals surface area (Å²) in [5, 5.41) is 29.9. The fourth-order valence-electron chi connectivity index (χ4n) is 4.49. The van der Waals surface area contributed by atoms with E-state index in [-0.39, 0.29) is 24.5 Å². The van der Waals surface area contributed by atoms with Gasteiger partial charge in [-0.25, -0.2) is 0 Å². The number of aliphatic carboxylic acids is 1. The van der Waals surface area contributed by atoms with Crippen molar-refractivity contribution in [2.45, 2.75) is 69.3 Å². The molecule has 1 aromatic carbocycles. The van der Waals surface area contributed by atoms with E-state index in [9.17, 15) is 15.0 Å². The van der Waals surface area contributed by atoms with Gasteiger partial charge in [-0.05, 0) is 25.5 Å². The average Bonchev–Trinajstić information content (AvgIpc) is 3.00. The lowest BCUT2D eigenvalue weighted by molar-refractivity contribution is -0.137. The molecule has 6 nitrogen and oxygen atoms in total. The molecule has 0 spiro atoms.